The Balaban J connectivity index is 2.11. The highest BCUT2D eigenvalue weighted by molar-refractivity contribution is 7.09. The first-order valence-corrected chi connectivity index (χ1v) is 7.19. The van der Waals surface area contributed by atoms with Crippen LogP contribution in [0.1, 0.15) is 4.88 Å². The Hall–Kier alpha value is -0.900. The summed E-state index contributed by atoms with van der Waals surface area (Å²) in [5.41, 5.74) is 7.11. The van der Waals surface area contributed by atoms with Crippen LogP contribution in [0.3, 0.4) is 0 Å². The van der Waals surface area contributed by atoms with Gasteiger partial charge in [-0.3, -0.25) is 0 Å². The van der Waals surface area contributed by atoms with E-state index >= 15 is 0 Å². The van der Waals surface area contributed by atoms with E-state index in [0.29, 0.717) is 15.7 Å². The molecule has 0 spiro atoms. The minimum absolute atomic E-state index is 0.584. The fourth-order valence-corrected chi connectivity index (χ4v) is 3.29. The first-order chi connectivity index (χ1) is 8.58. The van der Waals surface area contributed by atoms with Crippen molar-refractivity contribution in [2.24, 2.45) is 0 Å². The molecule has 1 aromatic carbocycles. The predicted molar refractivity (Wildman–Crippen MR) is 82.2 cm³/mol. The number of likely N-dealkylation sites (N-methyl/N-ethyl adjacent to an activating group) is 1. The molecule has 2 rings (SSSR count). The maximum atomic E-state index is 6.19. The third-order valence-corrected chi connectivity index (χ3v) is 4.21. The lowest BCUT2D eigenvalue weighted by Gasteiger charge is -2.22. The number of hydrogen-bond acceptors (Lipinski definition) is 3. The van der Waals surface area contributed by atoms with E-state index in [0.717, 1.165) is 18.7 Å². The Kier molecular flexibility index (Phi) is 4.38. The lowest BCUT2D eigenvalue weighted by Crippen LogP contribution is -2.20. The average Bonchev–Trinajstić information content (AvgIpc) is 2.77. The summed E-state index contributed by atoms with van der Waals surface area (Å²) in [6, 6.07) is 7.64. The van der Waals surface area contributed by atoms with Crippen molar-refractivity contribution in [3.63, 3.8) is 0 Å². The van der Waals surface area contributed by atoms with Gasteiger partial charge in [0.15, 0.2) is 0 Å². The van der Waals surface area contributed by atoms with E-state index in [2.05, 4.69) is 22.4 Å². The molecule has 18 heavy (non-hydrogen) atoms. The van der Waals surface area contributed by atoms with E-state index in [4.69, 9.17) is 28.9 Å². The molecule has 0 aliphatic rings. The zero-order chi connectivity index (χ0) is 13.1. The van der Waals surface area contributed by atoms with Crippen LogP contribution in [0, 0.1) is 0 Å². The van der Waals surface area contributed by atoms with Crippen molar-refractivity contribution in [2.45, 2.75) is 6.42 Å². The number of nitrogens with two attached hydrogens (primary N) is 1. The van der Waals surface area contributed by atoms with Crippen LogP contribution >= 0.6 is 34.5 Å². The Morgan fingerprint density at radius 2 is 1.94 bits per heavy atom. The largest absolute Gasteiger partial charge is 0.399 e. The fraction of sp³-hybridized carbons (Fsp3) is 0.231. The van der Waals surface area contributed by atoms with Gasteiger partial charge in [-0.25, -0.2) is 0 Å². The number of benzene rings is 1. The van der Waals surface area contributed by atoms with Gasteiger partial charge in [0.25, 0.3) is 0 Å². The topological polar surface area (TPSA) is 29.3 Å². The van der Waals surface area contributed by atoms with E-state index in [1.165, 1.54) is 4.88 Å². The molecular formula is C13H14Cl2N2S. The molecule has 2 N–H and O–H groups in total. The molecule has 0 amide bonds. The molecule has 1 aromatic heterocycles. The van der Waals surface area contributed by atoms with Crippen LogP contribution in [0.15, 0.2) is 29.6 Å². The molecule has 0 atom stereocenters. The number of thiophene rings is 1. The van der Waals surface area contributed by atoms with Gasteiger partial charge >= 0.3 is 0 Å². The van der Waals surface area contributed by atoms with E-state index in [9.17, 15) is 0 Å². The van der Waals surface area contributed by atoms with E-state index < -0.39 is 0 Å². The van der Waals surface area contributed by atoms with Gasteiger partial charge in [-0.2, -0.15) is 0 Å². The number of anilines is 2. The summed E-state index contributed by atoms with van der Waals surface area (Å²) in [4.78, 5) is 3.41. The molecule has 0 bridgehead atoms. The Morgan fingerprint density at radius 1 is 1.28 bits per heavy atom. The molecule has 0 saturated carbocycles. The third-order valence-electron chi connectivity index (χ3n) is 2.69. The van der Waals surface area contributed by atoms with Crippen LogP contribution in [-0.4, -0.2) is 13.6 Å². The average molecular weight is 301 g/mol. The molecule has 5 heteroatoms. The molecule has 0 aliphatic carbocycles. The van der Waals surface area contributed by atoms with E-state index in [1.807, 2.05) is 7.05 Å². The van der Waals surface area contributed by atoms with Crippen LogP contribution in [-0.2, 0) is 6.42 Å². The summed E-state index contributed by atoms with van der Waals surface area (Å²) >= 11 is 14.1. The number of halogens is 2. The van der Waals surface area contributed by atoms with Crippen LogP contribution < -0.4 is 10.6 Å². The van der Waals surface area contributed by atoms with Gasteiger partial charge in [0.1, 0.15) is 0 Å². The Bertz CT molecular complexity index is 503. The van der Waals surface area contributed by atoms with Crippen LogP contribution in [0.5, 0.6) is 0 Å². The van der Waals surface area contributed by atoms with Crippen LogP contribution in [0.2, 0.25) is 10.0 Å². The maximum Gasteiger partial charge on any atom is 0.0744 e. The van der Waals surface area contributed by atoms with Gasteiger partial charge in [0.2, 0.25) is 0 Å². The maximum absolute atomic E-state index is 6.19. The number of rotatable bonds is 4. The molecule has 0 fully saturated rings. The monoisotopic (exact) mass is 300 g/mol. The highest BCUT2D eigenvalue weighted by Crippen LogP contribution is 2.35. The van der Waals surface area contributed by atoms with Crippen molar-refractivity contribution in [1.82, 2.24) is 0 Å². The minimum atomic E-state index is 0.584. The second kappa shape index (κ2) is 5.83. The zero-order valence-corrected chi connectivity index (χ0v) is 12.3. The summed E-state index contributed by atoms with van der Waals surface area (Å²) < 4.78 is 0. The lowest BCUT2D eigenvalue weighted by atomic mass is 10.2. The Labute approximate surface area is 121 Å². The fourth-order valence-electron chi connectivity index (χ4n) is 1.79. The van der Waals surface area contributed by atoms with Crippen LogP contribution in [0.25, 0.3) is 0 Å². The predicted octanol–water partition coefficient (Wildman–Crippen LogP) is 4.32. The first-order valence-electron chi connectivity index (χ1n) is 5.56. The first kappa shape index (κ1) is 13.5. The number of nitrogens with zero attached hydrogens (tertiary/aromatic N) is 1. The van der Waals surface area contributed by atoms with E-state index in [1.54, 1.807) is 23.5 Å². The summed E-state index contributed by atoms with van der Waals surface area (Å²) in [6.07, 6.45) is 0.977. The van der Waals surface area contributed by atoms with Gasteiger partial charge < -0.3 is 10.6 Å². The second-order valence-corrected chi connectivity index (χ2v) is 5.93. The van der Waals surface area contributed by atoms with Crippen molar-refractivity contribution in [3.05, 3.63) is 44.6 Å². The number of nitrogen functional groups attached to an aromatic ring is 1. The third kappa shape index (κ3) is 3.10. The second-order valence-electron chi connectivity index (χ2n) is 4.08. The smallest absolute Gasteiger partial charge is 0.0744 e. The summed E-state index contributed by atoms with van der Waals surface area (Å²) in [5.74, 6) is 0. The minimum Gasteiger partial charge on any atom is -0.399 e. The lowest BCUT2D eigenvalue weighted by molar-refractivity contribution is 0.888. The quantitative estimate of drug-likeness (QED) is 0.852. The van der Waals surface area contributed by atoms with Crippen molar-refractivity contribution in [2.75, 3.05) is 24.2 Å². The van der Waals surface area contributed by atoms with Gasteiger partial charge in [0.05, 0.1) is 15.7 Å². The van der Waals surface area contributed by atoms with Crippen LogP contribution in [0.4, 0.5) is 11.4 Å². The summed E-state index contributed by atoms with van der Waals surface area (Å²) in [7, 11) is 1.98. The van der Waals surface area contributed by atoms with Gasteiger partial charge in [-0.15, -0.1) is 11.3 Å². The highest BCUT2D eigenvalue weighted by atomic mass is 35.5. The zero-order valence-electron chi connectivity index (χ0n) is 9.99. The molecular weight excluding hydrogens is 287 g/mol. The molecule has 0 saturated heterocycles. The number of hydrogen-bond donors (Lipinski definition) is 1. The Morgan fingerprint density at radius 3 is 2.50 bits per heavy atom. The standard InChI is InChI=1S/C13H14Cl2N2S/c1-17(5-4-10-3-2-6-18-10)13-11(14)7-9(16)8-12(13)15/h2-3,6-8H,4-5,16H2,1H3. The molecule has 0 aliphatic heterocycles. The van der Waals surface area contributed by atoms with Crippen molar-refractivity contribution < 1.29 is 0 Å². The molecule has 2 aromatic rings. The molecule has 0 unspecified atom stereocenters. The normalized spacial score (nSPS) is 10.6. The van der Waals surface area contributed by atoms with Crippen molar-refractivity contribution in [3.8, 4) is 0 Å². The molecule has 1 heterocycles. The molecule has 96 valence electrons. The van der Waals surface area contributed by atoms with E-state index in [-0.39, 0.29) is 0 Å². The molecule has 2 nitrogen and oxygen atoms in total. The summed E-state index contributed by atoms with van der Waals surface area (Å²) in [5, 5.41) is 3.26. The highest BCUT2D eigenvalue weighted by Gasteiger charge is 2.12. The van der Waals surface area contributed by atoms with Gasteiger partial charge in [-0.05, 0) is 30.0 Å². The SMILES string of the molecule is CN(CCc1cccs1)c1c(Cl)cc(N)cc1Cl. The molecule has 0 radical (unpaired) electrons. The van der Waals surface area contributed by atoms with Crippen molar-refractivity contribution in [1.29, 1.82) is 0 Å². The summed E-state index contributed by atoms with van der Waals surface area (Å²) in [6.45, 7) is 0.865. The van der Waals surface area contributed by atoms with Gasteiger partial charge in [-0.1, -0.05) is 29.3 Å². The van der Waals surface area contributed by atoms with Crippen molar-refractivity contribution >= 4 is 45.9 Å². The van der Waals surface area contributed by atoms with Gasteiger partial charge in [0, 0.05) is 24.2 Å².